The maximum Gasteiger partial charge on any atom is 0.105 e. The zero-order valence-electron chi connectivity index (χ0n) is 14.0. The van der Waals surface area contributed by atoms with Gasteiger partial charge in [-0.3, -0.25) is 0 Å². The fourth-order valence-corrected chi connectivity index (χ4v) is 3.56. The second kappa shape index (κ2) is 6.05. The van der Waals surface area contributed by atoms with Crippen molar-refractivity contribution in [3.05, 3.63) is 91.1 Å². The molecule has 0 unspecified atom stereocenters. The van der Waals surface area contributed by atoms with Crippen molar-refractivity contribution in [1.82, 2.24) is 15.4 Å². The highest BCUT2D eigenvalue weighted by molar-refractivity contribution is 6.03. The fraction of sp³-hybridized carbons (Fsp3) is 0. The van der Waals surface area contributed by atoms with Crippen LogP contribution in [-0.4, -0.2) is 15.4 Å². The van der Waals surface area contributed by atoms with Gasteiger partial charge in [-0.2, -0.15) is 0 Å². The van der Waals surface area contributed by atoms with Crippen molar-refractivity contribution in [3.63, 3.8) is 0 Å². The molecular weight excluding hydrogens is 318 g/mol. The standard InChI is InChI=1S/C23H15N3/c1-3-11-18-16(7-1)9-5-13-20(18)22-15-24-26-25-23(22)21-14-6-10-17-8-2-4-12-19(17)21/h1-15H. The van der Waals surface area contributed by atoms with Crippen LogP contribution in [0, 0.1) is 0 Å². The monoisotopic (exact) mass is 333 g/mol. The van der Waals surface area contributed by atoms with E-state index >= 15 is 0 Å². The first-order valence-corrected chi connectivity index (χ1v) is 8.56. The van der Waals surface area contributed by atoms with Crippen LogP contribution >= 0.6 is 0 Å². The van der Waals surface area contributed by atoms with Gasteiger partial charge in [-0.15, -0.1) is 10.2 Å². The van der Waals surface area contributed by atoms with E-state index in [0.717, 1.165) is 27.8 Å². The molecule has 0 N–H and O–H groups in total. The molecule has 0 amide bonds. The van der Waals surface area contributed by atoms with Crippen LogP contribution in [0.5, 0.6) is 0 Å². The number of nitrogens with zero attached hydrogens (tertiary/aromatic N) is 3. The van der Waals surface area contributed by atoms with Gasteiger partial charge in [0.25, 0.3) is 0 Å². The normalized spacial score (nSPS) is 11.1. The molecule has 26 heavy (non-hydrogen) atoms. The second-order valence-corrected chi connectivity index (χ2v) is 6.25. The largest absolute Gasteiger partial charge is 0.138 e. The number of rotatable bonds is 2. The summed E-state index contributed by atoms with van der Waals surface area (Å²) in [4.78, 5) is 0. The molecule has 0 aliphatic rings. The van der Waals surface area contributed by atoms with E-state index in [-0.39, 0.29) is 0 Å². The molecule has 1 heterocycles. The molecule has 0 spiro atoms. The van der Waals surface area contributed by atoms with Crippen molar-refractivity contribution in [2.45, 2.75) is 0 Å². The molecule has 0 saturated carbocycles. The summed E-state index contributed by atoms with van der Waals surface area (Å²) in [6.07, 6.45) is 1.81. The van der Waals surface area contributed by atoms with E-state index in [2.05, 4.69) is 100 Å². The van der Waals surface area contributed by atoms with Gasteiger partial charge >= 0.3 is 0 Å². The van der Waals surface area contributed by atoms with Crippen molar-refractivity contribution in [3.8, 4) is 22.4 Å². The van der Waals surface area contributed by atoms with E-state index in [9.17, 15) is 0 Å². The van der Waals surface area contributed by atoms with Crippen LogP contribution in [0.15, 0.2) is 91.1 Å². The molecule has 5 aromatic rings. The topological polar surface area (TPSA) is 38.7 Å². The fourth-order valence-electron chi connectivity index (χ4n) is 3.56. The Kier molecular flexibility index (Phi) is 3.42. The molecule has 0 fully saturated rings. The maximum absolute atomic E-state index is 4.42. The van der Waals surface area contributed by atoms with E-state index in [1.807, 2.05) is 6.20 Å². The zero-order valence-corrected chi connectivity index (χ0v) is 14.0. The molecular formula is C23H15N3. The lowest BCUT2D eigenvalue weighted by Crippen LogP contribution is -1.96. The van der Waals surface area contributed by atoms with Crippen LogP contribution in [0.2, 0.25) is 0 Å². The Bertz CT molecular complexity index is 1140. The second-order valence-electron chi connectivity index (χ2n) is 6.25. The minimum atomic E-state index is 0.855. The third kappa shape index (κ3) is 2.33. The molecule has 0 radical (unpaired) electrons. The molecule has 0 aliphatic carbocycles. The predicted molar refractivity (Wildman–Crippen MR) is 106 cm³/mol. The van der Waals surface area contributed by atoms with Crippen molar-refractivity contribution in [2.75, 3.05) is 0 Å². The van der Waals surface area contributed by atoms with E-state index in [1.54, 1.807) is 0 Å². The molecule has 1 aromatic heterocycles. The lowest BCUT2D eigenvalue weighted by atomic mass is 9.94. The van der Waals surface area contributed by atoms with E-state index < -0.39 is 0 Å². The summed E-state index contributed by atoms with van der Waals surface area (Å²) in [5.41, 5.74) is 4.04. The Hall–Kier alpha value is -3.59. The van der Waals surface area contributed by atoms with Gasteiger partial charge in [0.1, 0.15) is 5.69 Å². The van der Waals surface area contributed by atoms with Crippen LogP contribution in [0.4, 0.5) is 0 Å². The number of hydrogen-bond donors (Lipinski definition) is 0. The first-order chi connectivity index (χ1) is 12.9. The van der Waals surface area contributed by atoms with E-state index in [4.69, 9.17) is 0 Å². The van der Waals surface area contributed by atoms with E-state index in [1.165, 1.54) is 16.2 Å². The van der Waals surface area contributed by atoms with Crippen LogP contribution in [-0.2, 0) is 0 Å². The van der Waals surface area contributed by atoms with Gasteiger partial charge in [0, 0.05) is 11.1 Å². The number of aromatic nitrogens is 3. The summed E-state index contributed by atoms with van der Waals surface area (Å²) in [5.74, 6) is 0. The van der Waals surface area contributed by atoms with Gasteiger partial charge in [-0.25, -0.2) is 0 Å². The SMILES string of the molecule is c1ccc2c(-c3cnnnc3-c3cccc4ccccc34)cccc2c1. The number of fused-ring (bicyclic) bond motifs is 2. The third-order valence-corrected chi connectivity index (χ3v) is 4.76. The minimum absolute atomic E-state index is 0.855. The summed E-state index contributed by atoms with van der Waals surface area (Å²) >= 11 is 0. The lowest BCUT2D eigenvalue weighted by Gasteiger charge is -2.12. The highest BCUT2D eigenvalue weighted by Crippen LogP contribution is 2.36. The minimum Gasteiger partial charge on any atom is -0.138 e. The van der Waals surface area contributed by atoms with Crippen molar-refractivity contribution < 1.29 is 0 Å². The average Bonchev–Trinajstić information content (AvgIpc) is 2.73. The van der Waals surface area contributed by atoms with Crippen molar-refractivity contribution in [1.29, 1.82) is 0 Å². The van der Waals surface area contributed by atoms with Gasteiger partial charge in [-0.1, -0.05) is 84.9 Å². The zero-order chi connectivity index (χ0) is 17.3. The van der Waals surface area contributed by atoms with Gasteiger partial charge in [0.05, 0.1) is 6.20 Å². The first-order valence-electron chi connectivity index (χ1n) is 8.56. The summed E-state index contributed by atoms with van der Waals surface area (Å²) in [5, 5.41) is 17.2. The van der Waals surface area contributed by atoms with Crippen LogP contribution in [0.3, 0.4) is 0 Å². The summed E-state index contributed by atoms with van der Waals surface area (Å²) in [6.45, 7) is 0. The van der Waals surface area contributed by atoms with Gasteiger partial charge in [0.2, 0.25) is 0 Å². The molecule has 122 valence electrons. The number of benzene rings is 4. The molecule has 3 heteroatoms. The molecule has 0 bridgehead atoms. The van der Waals surface area contributed by atoms with Crippen molar-refractivity contribution >= 4 is 21.5 Å². The van der Waals surface area contributed by atoms with Gasteiger partial charge in [0.15, 0.2) is 0 Å². The smallest absolute Gasteiger partial charge is 0.105 e. The van der Waals surface area contributed by atoms with Gasteiger partial charge < -0.3 is 0 Å². The highest BCUT2D eigenvalue weighted by Gasteiger charge is 2.14. The van der Waals surface area contributed by atoms with E-state index in [0.29, 0.717) is 0 Å². The van der Waals surface area contributed by atoms with Crippen molar-refractivity contribution in [2.24, 2.45) is 0 Å². The van der Waals surface area contributed by atoms with Crippen LogP contribution < -0.4 is 0 Å². The molecule has 4 aromatic carbocycles. The Labute approximate surface area is 151 Å². The summed E-state index contributed by atoms with van der Waals surface area (Å²) < 4.78 is 0. The first kappa shape index (κ1) is 14.7. The van der Waals surface area contributed by atoms with Crippen LogP contribution in [0.1, 0.15) is 0 Å². The molecule has 0 saturated heterocycles. The maximum atomic E-state index is 4.42. The number of hydrogen-bond acceptors (Lipinski definition) is 3. The molecule has 5 rings (SSSR count). The average molecular weight is 333 g/mol. The summed E-state index contributed by atoms with van der Waals surface area (Å²) in [6, 6.07) is 29.3. The summed E-state index contributed by atoms with van der Waals surface area (Å²) in [7, 11) is 0. The Morgan fingerprint density at radius 2 is 1.08 bits per heavy atom. The predicted octanol–water partition coefficient (Wildman–Crippen LogP) is 5.51. The molecule has 0 atom stereocenters. The molecule has 0 aliphatic heterocycles. The Balaban J connectivity index is 1.83. The Morgan fingerprint density at radius 3 is 1.81 bits per heavy atom. The Morgan fingerprint density at radius 1 is 0.500 bits per heavy atom. The third-order valence-electron chi connectivity index (χ3n) is 4.76. The van der Waals surface area contributed by atoms with Gasteiger partial charge in [-0.05, 0) is 32.3 Å². The highest BCUT2D eigenvalue weighted by atomic mass is 15.3. The van der Waals surface area contributed by atoms with Crippen LogP contribution in [0.25, 0.3) is 43.9 Å². The lowest BCUT2D eigenvalue weighted by molar-refractivity contribution is 0.874. The molecule has 3 nitrogen and oxygen atoms in total. The quantitative estimate of drug-likeness (QED) is 0.427.